The Bertz CT molecular complexity index is 462. The number of hydrogen-bond acceptors (Lipinski definition) is 4. The molecule has 118 valence electrons. The number of rotatable bonds is 9. The maximum atomic E-state index is 6.34. The van der Waals surface area contributed by atoms with Gasteiger partial charge in [-0.1, -0.05) is 11.6 Å². The Hall–Kier alpha value is -0.970. The Morgan fingerprint density at radius 3 is 2.71 bits per heavy atom. The van der Waals surface area contributed by atoms with E-state index in [1.54, 1.807) is 7.11 Å². The summed E-state index contributed by atoms with van der Waals surface area (Å²) < 4.78 is 11.2. The predicted octanol–water partition coefficient (Wildman–Crippen LogP) is 2.93. The second-order valence-electron chi connectivity index (χ2n) is 5.77. The van der Waals surface area contributed by atoms with E-state index >= 15 is 0 Å². The van der Waals surface area contributed by atoms with E-state index in [1.165, 1.54) is 12.8 Å². The topological polar surface area (TPSA) is 33.7 Å². The van der Waals surface area contributed by atoms with Crippen LogP contribution in [0.3, 0.4) is 0 Å². The fourth-order valence-corrected chi connectivity index (χ4v) is 2.41. The van der Waals surface area contributed by atoms with Gasteiger partial charge in [-0.15, -0.1) is 0 Å². The number of nitrogens with zero attached hydrogens (tertiary/aromatic N) is 1. The maximum absolute atomic E-state index is 6.34. The van der Waals surface area contributed by atoms with Gasteiger partial charge >= 0.3 is 0 Å². The molecule has 1 aliphatic rings. The average Bonchev–Trinajstić information content (AvgIpc) is 3.26. The summed E-state index contributed by atoms with van der Waals surface area (Å²) in [5.41, 5.74) is 1.13. The van der Waals surface area contributed by atoms with Gasteiger partial charge in [0.1, 0.15) is 0 Å². The van der Waals surface area contributed by atoms with Crippen molar-refractivity contribution >= 4 is 11.6 Å². The van der Waals surface area contributed by atoms with Crippen LogP contribution in [0.5, 0.6) is 11.5 Å². The lowest BCUT2D eigenvalue weighted by molar-refractivity contribution is 0.268. The number of methoxy groups -OCH3 is 1. The number of ether oxygens (including phenoxy) is 2. The van der Waals surface area contributed by atoms with Crippen LogP contribution in [-0.4, -0.2) is 45.3 Å². The molecule has 5 heteroatoms. The molecular formula is C16H25ClN2O2. The molecule has 2 rings (SSSR count). The van der Waals surface area contributed by atoms with Crippen molar-refractivity contribution in [3.8, 4) is 11.5 Å². The monoisotopic (exact) mass is 312 g/mol. The molecule has 0 aliphatic heterocycles. The minimum absolute atomic E-state index is 0.617. The molecule has 1 aliphatic carbocycles. The van der Waals surface area contributed by atoms with E-state index in [-0.39, 0.29) is 0 Å². The van der Waals surface area contributed by atoms with Gasteiger partial charge < -0.3 is 19.7 Å². The predicted molar refractivity (Wildman–Crippen MR) is 86.5 cm³/mol. The lowest BCUT2D eigenvalue weighted by Gasteiger charge is -2.15. The second kappa shape index (κ2) is 7.87. The number of hydrogen-bond donors (Lipinski definition) is 1. The molecule has 1 N–H and O–H groups in total. The first-order chi connectivity index (χ1) is 10.1. The first-order valence-corrected chi connectivity index (χ1v) is 7.85. The summed E-state index contributed by atoms with van der Waals surface area (Å²) in [7, 11) is 5.75. The van der Waals surface area contributed by atoms with Gasteiger partial charge in [0.25, 0.3) is 0 Å². The van der Waals surface area contributed by atoms with Crippen molar-refractivity contribution in [1.82, 2.24) is 10.2 Å². The van der Waals surface area contributed by atoms with Crippen molar-refractivity contribution in [3.63, 3.8) is 0 Å². The highest BCUT2D eigenvalue weighted by Crippen LogP contribution is 2.36. The Morgan fingerprint density at radius 2 is 2.10 bits per heavy atom. The van der Waals surface area contributed by atoms with Gasteiger partial charge in [0.15, 0.2) is 11.5 Å². The highest BCUT2D eigenvalue weighted by molar-refractivity contribution is 6.32. The molecule has 0 radical (unpaired) electrons. The summed E-state index contributed by atoms with van der Waals surface area (Å²) in [4.78, 5) is 2.13. The van der Waals surface area contributed by atoms with E-state index in [2.05, 4.69) is 24.3 Å². The van der Waals surface area contributed by atoms with Crippen LogP contribution in [0.1, 0.15) is 24.8 Å². The molecule has 4 nitrogen and oxygen atoms in total. The summed E-state index contributed by atoms with van der Waals surface area (Å²) in [6, 6.07) is 4.64. The van der Waals surface area contributed by atoms with E-state index in [9.17, 15) is 0 Å². The fraction of sp³-hybridized carbons (Fsp3) is 0.625. The molecule has 0 bridgehead atoms. The zero-order valence-electron chi connectivity index (χ0n) is 13.1. The van der Waals surface area contributed by atoms with E-state index in [0.717, 1.165) is 25.1 Å². The van der Waals surface area contributed by atoms with Crippen LogP contribution in [0.15, 0.2) is 12.1 Å². The summed E-state index contributed by atoms with van der Waals surface area (Å²) >= 11 is 6.34. The molecular weight excluding hydrogens is 288 g/mol. The third-order valence-corrected chi connectivity index (χ3v) is 3.74. The van der Waals surface area contributed by atoms with Crippen LogP contribution in [0, 0.1) is 0 Å². The fourth-order valence-electron chi connectivity index (χ4n) is 2.12. The molecule has 0 spiro atoms. The van der Waals surface area contributed by atoms with Crippen molar-refractivity contribution in [2.75, 3.05) is 34.4 Å². The van der Waals surface area contributed by atoms with E-state index in [4.69, 9.17) is 21.1 Å². The molecule has 0 amide bonds. The molecule has 1 fully saturated rings. The number of halogens is 1. The molecule has 1 saturated carbocycles. The van der Waals surface area contributed by atoms with Gasteiger partial charge in [-0.05, 0) is 51.1 Å². The van der Waals surface area contributed by atoms with Gasteiger partial charge in [0.2, 0.25) is 0 Å². The Balaban J connectivity index is 1.95. The lowest BCUT2D eigenvalue weighted by atomic mass is 10.2. The van der Waals surface area contributed by atoms with Crippen molar-refractivity contribution < 1.29 is 9.47 Å². The average molecular weight is 313 g/mol. The summed E-state index contributed by atoms with van der Waals surface area (Å²) in [5.74, 6) is 1.35. The smallest absolute Gasteiger partial charge is 0.179 e. The van der Waals surface area contributed by atoms with Crippen LogP contribution in [0.2, 0.25) is 5.02 Å². The molecule has 0 atom stereocenters. The molecule has 0 unspecified atom stereocenters. The van der Waals surface area contributed by atoms with Crippen molar-refractivity contribution in [2.24, 2.45) is 0 Å². The molecule has 0 aromatic heterocycles. The zero-order valence-corrected chi connectivity index (χ0v) is 13.9. The number of benzene rings is 1. The van der Waals surface area contributed by atoms with Crippen molar-refractivity contribution in [2.45, 2.75) is 31.8 Å². The normalized spacial score (nSPS) is 14.5. The first-order valence-electron chi connectivity index (χ1n) is 7.47. The van der Waals surface area contributed by atoms with Crippen LogP contribution in [0.25, 0.3) is 0 Å². The van der Waals surface area contributed by atoms with Gasteiger partial charge in [0.05, 0.1) is 18.7 Å². The minimum Gasteiger partial charge on any atom is -0.493 e. The second-order valence-corrected chi connectivity index (χ2v) is 6.18. The molecule has 0 heterocycles. The molecule has 0 saturated heterocycles. The highest BCUT2D eigenvalue weighted by atomic mass is 35.5. The Kier molecular flexibility index (Phi) is 6.15. The largest absolute Gasteiger partial charge is 0.493 e. The van der Waals surface area contributed by atoms with E-state index in [1.807, 2.05) is 12.1 Å². The van der Waals surface area contributed by atoms with Crippen LogP contribution < -0.4 is 14.8 Å². The quantitative estimate of drug-likeness (QED) is 0.711. The zero-order chi connectivity index (χ0) is 15.2. The van der Waals surface area contributed by atoms with Crippen LogP contribution in [-0.2, 0) is 6.54 Å². The first kappa shape index (κ1) is 16.4. The van der Waals surface area contributed by atoms with Crippen LogP contribution in [0.4, 0.5) is 0 Å². The summed E-state index contributed by atoms with van der Waals surface area (Å²) in [6.45, 7) is 2.44. The SMILES string of the molecule is COc1cc(CNC2CC2)cc(Cl)c1OCCCN(C)C. The van der Waals surface area contributed by atoms with Gasteiger partial charge in [-0.2, -0.15) is 0 Å². The number of nitrogens with one attached hydrogen (secondary N) is 1. The third kappa shape index (κ3) is 5.38. The highest BCUT2D eigenvalue weighted by Gasteiger charge is 2.20. The lowest BCUT2D eigenvalue weighted by Crippen LogP contribution is -2.16. The van der Waals surface area contributed by atoms with Crippen molar-refractivity contribution in [1.29, 1.82) is 0 Å². The van der Waals surface area contributed by atoms with Gasteiger partial charge in [-0.3, -0.25) is 0 Å². The van der Waals surface area contributed by atoms with E-state index in [0.29, 0.717) is 29.2 Å². The summed E-state index contributed by atoms with van der Waals surface area (Å²) in [5, 5.41) is 4.09. The summed E-state index contributed by atoms with van der Waals surface area (Å²) in [6.07, 6.45) is 3.51. The Morgan fingerprint density at radius 1 is 1.33 bits per heavy atom. The third-order valence-electron chi connectivity index (χ3n) is 3.46. The van der Waals surface area contributed by atoms with Crippen molar-refractivity contribution in [3.05, 3.63) is 22.7 Å². The Labute approximate surface area is 132 Å². The maximum Gasteiger partial charge on any atom is 0.179 e. The molecule has 1 aromatic carbocycles. The molecule has 1 aromatic rings. The van der Waals surface area contributed by atoms with Gasteiger partial charge in [0, 0.05) is 19.1 Å². The van der Waals surface area contributed by atoms with E-state index < -0.39 is 0 Å². The minimum atomic E-state index is 0.617. The standard InChI is InChI=1S/C16H25ClN2O2/c1-19(2)7-4-8-21-16-14(17)9-12(10-15(16)20-3)11-18-13-5-6-13/h9-10,13,18H,4-8,11H2,1-3H3. The molecule has 21 heavy (non-hydrogen) atoms. The van der Waals surface area contributed by atoms with Gasteiger partial charge in [-0.25, -0.2) is 0 Å². The van der Waals surface area contributed by atoms with Crippen LogP contribution >= 0.6 is 11.6 Å².